The van der Waals surface area contributed by atoms with E-state index in [2.05, 4.69) is 10.2 Å². The van der Waals surface area contributed by atoms with E-state index in [0.29, 0.717) is 5.56 Å². The second kappa shape index (κ2) is 7.70. The maximum absolute atomic E-state index is 13.4. The molecule has 1 aliphatic heterocycles. The van der Waals surface area contributed by atoms with E-state index in [4.69, 9.17) is 0 Å². The molecule has 146 valence electrons. The fourth-order valence-corrected chi connectivity index (χ4v) is 3.93. The predicted molar refractivity (Wildman–Crippen MR) is 102 cm³/mol. The van der Waals surface area contributed by atoms with Crippen LogP contribution in [-0.2, 0) is 4.79 Å². The summed E-state index contributed by atoms with van der Waals surface area (Å²) in [5.74, 6) is -1.61. The van der Waals surface area contributed by atoms with Crippen molar-refractivity contribution in [1.29, 1.82) is 0 Å². The van der Waals surface area contributed by atoms with E-state index in [-0.39, 0.29) is 23.8 Å². The Morgan fingerprint density at radius 1 is 1.04 bits per heavy atom. The Bertz CT molecular complexity index is 877. The lowest BCUT2D eigenvalue weighted by Crippen LogP contribution is -2.41. The first kappa shape index (κ1) is 18.6. The van der Waals surface area contributed by atoms with Crippen molar-refractivity contribution in [2.45, 2.75) is 31.2 Å². The molecule has 1 N–H and O–H groups in total. The smallest absolute Gasteiger partial charge is 0.223 e. The standard InChI is InChI=1S/C22H22F2N2O2/c23-19-6-3-16(11-20(19)24)18-12-21(18)25-22(28)15-7-9-26(10-8-15)17-4-1-14(13-27)2-5-17/h1-6,11,13,15,18,21H,7-10,12H2,(H,25,28)/t18-,21+/m1/s1. The van der Waals surface area contributed by atoms with Crippen molar-refractivity contribution in [2.75, 3.05) is 18.0 Å². The second-order valence-corrected chi connectivity index (χ2v) is 7.60. The van der Waals surface area contributed by atoms with Gasteiger partial charge in [-0.05, 0) is 61.2 Å². The number of hydrogen-bond donors (Lipinski definition) is 1. The molecule has 0 aromatic heterocycles. The average Bonchev–Trinajstić information content (AvgIpc) is 3.49. The highest BCUT2D eigenvalue weighted by Gasteiger charge is 2.41. The van der Waals surface area contributed by atoms with Crippen LogP contribution < -0.4 is 10.2 Å². The van der Waals surface area contributed by atoms with Crippen molar-refractivity contribution < 1.29 is 18.4 Å². The molecular weight excluding hydrogens is 362 g/mol. The topological polar surface area (TPSA) is 49.4 Å². The summed E-state index contributed by atoms with van der Waals surface area (Å²) in [6, 6.07) is 11.4. The highest BCUT2D eigenvalue weighted by molar-refractivity contribution is 5.80. The third-order valence-corrected chi connectivity index (χ3v) is 5.75. The van der Waals surface area contributed by atoms with Crippen LogP contribution >= 0.6 is 0 Å². The van der Waals surface area contributed by atoms with Gasteiger partial charge in [-0.2, -0.15) is 0 Å². The van der Waals surface area contributed by atoms with E-state index in [1.165, 1.54) is 6.07 Å². The van der Waals surface area contributed by atoms with Crippen molar-refractivity contribution in [3.63, 3.8) is 0 Å². The fourth-order valence-electron chi connectivity index (χ4n) is 3.93. The van der Waals surface area contributed by atoms with Gasteiger partial charge in [0.1, 0.15) is 6.29 Å². The van der Waals surface area contributed by atoms with Gasteiger partial charge in [0.15, 0.2) is 11.6 Å². The first-order valence-corrected chi connectivity index (χ1v) is 9.60. The van der Waals surface area contributed by atoms with Crippen LogP contribution in [0.5, 0.6) is 0 Å². The van der Waals surface area contributed by atoms with Crippen molar-refractivity contribution in [3.8, 4) is 0 Å². The number of carbonyl (C=O) groups excluding carboxylic acids is 2. The summed E-state index contributed by atoms with van der Waals surface area (Å²) >= 11 is 0. The summed E-state index contributed by atoms with van der Waals surface area (Å²) in [5.41, 5.74) is 2.45. The molecule has 0 radical (unpaired) electrons. The fraction of sp³-hybridized carbons (Fsp3) is 0.364. The first-order valence-electron chi connectivity index (χ1n) is 9.60. The molecule has 0 spiro atoms. The van der Waals surface area contributed by atoms with Gasteiger partial charge < -0.3 is 10.2 Å². The van der Waals surface area contributed by atoms with Crippen LogP contribution in [0.4, 0.5) is 14.5 Å². The Hall–Kier alpha value is -2.76. The average molecular weight is 384 g/mol. The van der Waals surface area contributed by atoms with E-state index in [1.807, 2.05) is 12.1 Å². The molecular formula is C22H22F2N2O2. The van der Waals surface area contributed by atoms with Gasteiger partial charge in [-0.3, -0.25) is 9.59 Å². The molecule has 2 atom stereocenters. The highest BCUT2D eigenvalue weighted by atomic mass is 19.2. The predicted octanol–water partition coefficient (Wildman–Crippen LogP) is 3.67. The van der Waals surface area contributed by atoms with Gasteiger partial charge in [0.05, 0.1) is 0 Å². The number of amides is 1. The lowest BCUT2D eigenvalue weighted by atomic mass is 9.95. The number of carbonyl (C=O) groups is 2. The second-order valence-electron chi connectivity index (χ2n) is 7.60. The van der Waals surface area contributed by atoms with Gasteiger partial charge in [0, 0.05) is 42.2 Å². The zero-order valence-corrected chi connectivity index (χ0v) is 15.4. The zero-order chi connectivity index (χ0) is 19.7. The van der Waals surface area contributed by atoms with Crippen LogP contribution in [0.2, 0.25) is 0 Å². The minimum absolute atomic E-state index is 0.00581. The number of benzene rings is 2. The molecule has 1 amide bonds. The number of nitrogens with zero attached hydrogens (tertiary/aromatic N) is 1. The van der Waals surface area contributed by atoms with E-state index in [1.54, 1.807) is 18.2 Å². The maximum atomic E-state index is 13.4. The molecule has 2 aromatic carbocycles. The van der Waals surface area contributed by atoms with Gasteiger partial charge in [-0.1, -0.05) is 6.07 Å². The molecule has 2 aliphatic rings. The van der Waals surface area contributed by atoms with Crippen LogP contribution in [-0.4, -0.2) is 31.3 Å². The van der Waals surface area contributed by atoms with Crippen LogP contribution in [0.3, 0.4) is 0 Å². The molecule has 0 unspecified atom stereocenters. The van der Waals surface area contributed by atoms with Gasteiger partial charge in [0.25, 0.3) is 0 Å². The first-order chi connectivity index (χ1) is 13.5. The molecule has 2 fully saturated rings. The monoisotopic (exact) mass is 384 g/mol. The zero-order valence-electron chi connectivity index (χ0n) is 15.4. The molecule has 0 bridgehead atoms. The molecule has 28 heavy (non-hydrogen) atoms. The molecule has 1 saturated heterocycles. The Balaban J connectivity index is 1.27. The summed E-state index contributed by atoms with van der Waals surface area (Å²) < 4.78 is 26.4. The van der Waals surface area contributed by atoms with Gasteiger partial charge in [0.2, 0.25) is 5.91 Å². The summed E-state index contributed by atoms with van der Waals surface area (Å²) in [4.78, 5) is 25.5. The number of halogens is 2. The van der Waals surface area contributed by atoms with E-state index < -0.39 is 11.6 Å². The molecule has 1 heterocycles. The Labute approximate surface area is 162 Å². The van der Waals surface area contributed by atoms with Crippen molar-refractivity contribution >= 4 is 17.9 Å². The Morgan fingerprint density at radius 2 is 1.75 bits per heavy atom. The molecule has 4 rings (SSSR count). The van der Waals surface area contributed by atoms with Crippen LogP contribution in [0.1, 0.15) is 41.1 Å². The lowest BCUT2D eigenvalue weighted by Gasteiger charge is -2.33. The van der Waals surface area contributed by atoms with Crippen LogP contribution in [0.25, 0.3) is 0 Å². The number of rotatable bonds is 5. The third kappa shape index (κ3) is 3.91. The minimum Gasteiger partial charge on any atom is -0.371 e. The number of nitrogens with one attached hydrogen (secondary N) is 1. The molecule has 1 saturated carbocycles. The van der Waals surface area contributed by atoms with E-state index >= 15 is 0 Å². The van der Waals surface area contributed by atoms with E-state index in [0.717, 1.165) is 56.0 Å². The summed E-state index contributed by atoms with van der Waals surface area (Å²) in [7, 11) is 0. The maximum Gasteiger partial charge on any atom is 0.223 e. The van der Waals surface area contributed by atoms with Gasteiger partial charge in [-0.15, -0.1) is 0 Å². The number of hydrogen-bond acceptors (Lipinski definition) is 3. The van der Waals surface area contributed by atoms with E-state index in [9.17, 15) is 18.4 Å². The molecule has 2 aromatic rings. The Kier molecular flexibility index (Phi) is 5.11. The third-order valence-electron chi connectivity index (χ3n) is 5.75. The minimum atomic E-state index is -0.849. The molecule has 1 aliphatic carbocycles. The Morgan fingerprint density at radius 3 is 2.39 bits per heavy atom. The quantitative estimate of drug-likeness (QED) is 0.801. The highest BCUT2D eigenvalue weighted by Crippen LogP contribution is 2.41. The number of anilines is 1. The SMILES string of the molecule is O=Cc1ccc(N2CCC(C(=O)N[C@H]3C[C@@H]3c3ccc(F)c(F)c3)CC2)cc1. The van der Waals surface area contributed by atoms with Crippen molar-refractivity contribution in [1.82, 2.24) is 5.32 Å². The summed E-state index contributed by atoms with van der Waals surface area (Å²) in [6.45, 7) is 1.57. The van der Waals surface area contributed by atoms with Crippen LogP contribution in [0.15, 0.2) is 42.5 Å². The van der Waals surface area contributed by atoms with Gasteiger partial charge in [-0.25, -0.2) is 8.78 Å². The van der Waals surface area contributed by atoms with Gasteiger partial charge >= 0.3 is 0 Å². The molecule has 4 nitrogen and oxygen atoms in total. The largest absolute Gasteiger partial charge is 0.371 e. The summed E-state index contributed by atoms with van der Waals surface area (Å²) in [5, 5.41) is 3.06. The number of piperidine rings is 1. The normalized spacial score (nSPS) is 22.0. The lowest BCUT2D eigenvalue weighted by molar-refractivity contribution is -0.125. The van der Waals surface area contributed by atoms with Crippen LogP contribution in [0, 0.1) is 17.6 Å². The van der Waals surface area contributed by atoms with Crippen molar-refractivity contribution in [3.05, 3.63) is 65.2 Å². The van der Waals surface area contributed by atoms with Crippen molar-refractivity contribution in [2.24, 2.45) is 5.92 Å². The number of aldehydes is 1. The summed E-state index contributed by atoms with van der Waals surface area (Å²) in [6.07, 6.45) is 3.12. The molecule has 6 heteroatoms.